The van der Waals surface area contributed by atoms with Gasteiger partial charge in [0.2, 0.25) is 0 Å². The Kier molecular flexibility index (Phi) is 16.4. The van der Waals surface area contributed by atoms with Gasteiger partial charge in [-0.05, 0) is 248 Å². The smallest absolute Gasteiger partial charge is 0.179 e. The fourth-order valence-electron chi connectivity index (χ4n) is 24.2. The van der Waals surface area contributed by atoms with Crippen LogP contribution in [0.3, 0.4) is 0 Å². The number of fused-ring (bicyclic) bond motifs is 14. The molecule has 1 heterocycles. The van der Waals surface area contributed by atoms with E-state index in [2.05, 4.69) is 82.4 Å². The molecule has 10 saturated carbocycles. The van der Waals surface area contributed by atoms with E-state index >= 15 is 0 Å². The number of Topliss-reactive ketones (excluding diaryl/α,β-unsaturated/α-hetero) is 2. The van der Waals surface area contributed by atoms with E-state index in [0.717, 1.165) is 108 Å². The Bertz CT molecular complexity index is 2220. The number of carbonyl (C=O) groups is 3. The molecule has 1 unspecified atom stereocenters. The summed E-state index contributed by atoms with van der Waals surface area (Å²) in [6.07, 6.45) is 26.5. The molecule has 1 aliphatic heterocycles. The van der Waals surface area contributed by atoms with Gasteiger partial charge in [0.1, 0.15) is 17.9 Å². The molecule has 77 heavy (non-hydrogen) atoms. The topological polar surface area (TPSA) is 129 Å². The number of aliphatic hydroxyl groups is 2. The summed E-state index contributed by atoms with van der Waals surface area (Å²) in [5, 5.41) is 17.8. The van der Waals surface area contributed by atoms with Crippen molar-refractivity contribution in [1.82, 2.24) is 0 Å². The average Bonchev–Trinajstić information content (AvgIpc) is 4.19. The third kappa shape index (κ3) is 8.69. The zero-order chi connectivity index (χ0) is 56.2. The van der Waals surface area contributed by atoms with Gasteiger partial charge in [0.05, 0.1) is 6.61 Å². The minimum atomic E-state index is -0.374. The van der Waals surface area contributed by atoms with Crippen molar-refractivity contribution in [3.8, 4) is 0 Å². The molecule has 0 aromatic rings. The Morgan fingerprint density at radius 1 is 0.584 bits per heavy atom. The van der Waals surface area contributed by atoms with Crippen LogP contribution < -0.4 is 0 Å². The van der Waals surface area contributed by atoms with Gasteiger partial charge in [0.15, 0.2) is 12.6 Å². The first-order valence-corrected chi connectivity index (χ1v) is 31.5. The molecule has 0 aromatic carbocycles. The van der Waals surface area contributed by atoms with Crippen molar-refractivity contribution in [3.05, 3.63) is 24.3 Å². The minimum Gasteiger partial charge on any atom is -0.400 e. The normalized spacial score (nSPS) is 49.0. The summed E-state index contributed by atoms with van der Waals surface area (Å²) in [4.78, 5) is 38.2. The van der Waals surface area contributed by atoms with Crippen LogP contribution in [0.2, 0.25) is 0 Å². The molecule has 0 amide bonds. The van der Waals surface area contributed by atoms with Gasteiger partial charge in [-0.1, -0.05) is 82.4 Å². The molecule has 9 nitrogen and oxygen atoms in total. The number of hydrogen-bond donors (Lipinski definition) is 2. The quantitative estimate of drug-likeness (QED) is 0.0951. The van der Waals surface area contributed by atoms with Crippen LogP contribution in [-0.4, -0.2) is 81.8 Å². The molecule has 11 aliphatic rings. The first-order chi connectivity index (χ1) is 36.3. The van der Waals surface area contributed by atoms with Gasteiger partial charge in [-0.15, -0.1) is 0 Å². The third-order valence-electron chi connectivity index (χ3n) is 28.6. The van der Waals surface area contributed by atoms with Gasteiger partial charge in [-0.3, -0.25) is 14.4 Å². The number of aliphatic hydroxyl groups excluding tert-OH is 2. The van der Waals surface area contributed by atoms with Crippen molar-refractivity contribution in [1.29, 1.82) is 0 Å². The Balaban J connectivity index is 0.000000182. The van der Waals surface area contributed by atoms with Crippen LogP contribution in [0.25, 0.3) is 0 Å². The van der Waals surface area contributed by atoms with Crippen LogP contribution in [0.5, 0.6) is 0 Å². The van der Waals surface area contributed by atoms with Crippen molar-refractivity contribution >= 4 is 17.9 Å². The van der Waals surface area contributed by atoms with Crippen molar-refractivity contribution in [2.45, 2.75) is 229 Å². The Labute approximate surface area is 467 Å². The maximum atomic E-state index is 13.1. The number of rotatable bonds is 10. The van der Waals surface area contributed by atoms with E-state index in [0.29, 0.717) is 64.8 Å². The van der Waals surface area contributed by atoms with Crippen LogP contribution in [0.4, 0.5) is 0 Å². The number of methoxy groups -OCH3 is 2. The van der Waals surface area contributed by atoms with E-state index in [1.54, 1.807) is 14.2 Å². The minimum absolute atomic E-state index is 0.00731. The molecule has 9 heteroatoms. The lowest BCUT2D eigenvalue weighted by Crippen LogP contribution is -2.66. The van der Waals surface area contributed by atoms with Gasteiger partial charge in [-0.2, -0.15) is 0 Å². The Morgan fingerprint density at radius 3 is 1.53 bits per heavy atom. The van der Waals surface area contributed by atoms with Gasteiger partial charge < -0.3 is 29.2 Å². The van der Waals surface area contributed by atoms with E-state index in [1.807, 2.05) is 0 Å². The summed E-state index contributed by atoms with van der Waals surface area (Å²) < 4.78 is 23.9. The number of ether oxygens (including phenoxy) is 4. The zero-order valence-corrected chi connectivity index (χ0v) is 51.1. The fraction of sp³-hybridized carbons (Fsp3) is 0.897. The molecular formula is C68H110O9. The highest BCUT2D eigenvalue weighted by Crippen LogP contribution is 2.79. The summed E-state index contributed by atoms with van der Waals surface area (Å²) in [7, 11) is 4.42. The highest BCUT2D eigenvalue weighted by Gasteiger charge is 2.73. The molecule has 0 bridgehead atoms. The van der Waals surface area contributed by atoms with Crippen LogP contribution in [0.15, 0.2) is 24.3 Å². The molecule has 10 aliphatic carbocycles. The van der Waals surface area contributed by atoms with Gasteiger partial charge >= 0.3 is 0 Å². The lowest BCUT2D eigenvalue weighted by molar-refractivity contribution is -0.245. The number of carbonyl (C=O) groups excluding carboxylic acids is 3. The maximum Gasteiger partial charge on any atom is 0.179 e. The number of allylic oxidation sites excluding steroid dienone is 1. The molecule has 0 aromatic heterocycles. The summed E-state index contributed by atoms with van der Waals surface area (Å²) in [5.74, 6) is 5.96. The second-order valence-corrected chi connectivity index (χ2v) is 31.0. The Morgan fingerprint density at radius 2 is 1.06 bits per heavy atom. The standard InChI is InChI=1S/C35H54O4.C32H52O4.CH4O/c1-23(21-36)24-12-17-35(22-39-29-9-7-8-20-38-29)19-18-33(5)25(30(24)35)10-11-27-32(4)15-14-28(37)31(2,3)26(32)13-16-34(27,33)6;1-20(27(35-7)36-8)21-11-16-32(19-33)18-17-30(5)22(26(21)32)9-10-24-29(4)14-13-25(34)28(2,3)23(29)12-15-31(24,30)6;1-2/h21,24-27,29-30H,1,7-20,22H2,2-6H3;21-24,26-27,33H,1,9-19H2,2-8H3;2H,1H3/t24-,25+,26-,27+,29?,30+,32-,33+,34+,35+;21-,22+,23-,24+,26+,29-,30+,31+,32+;/m00./s1. The summed E-state index contributed by atoms with van der Waals surface area (Å²) in [5.41, 5.74) is 3.07. The molecule has 11 fully saturated rings. The van der Waals surface area contributed by atoms with Crippen LogP contribution in [-0.2, 0) is 33.3 Å². The average molecular weight is 1070 g/mol. The van der Waals surface area contributed by atoms with Gasteiger partial charge in [0.25, 0.3) is 0 Å². The summed E-state index contributed by atoms with van der Waals surface area (Å²) in [6.45, 7) is 35.3. The monoisotopic (exact) mass is 1070 g/mol. The predicted molar refractivity (Wildman–Crippen MR) is 305 cm³/mol. The van der Waals surface area contributed by atoms with Gasteiger partial charge in [0, 0.05) is 58.2 Å². The van der Waals surface area contributed by atoms with E-state index in [1.165, 1.54) is 77.0 Å². The third-order valence-corrected chi connectivity index (χ3v) is 28.6. The van der Waals surface area contributed by atoms with Crippen LogP contribution in [0.1, 0.15) is 217 Å². The molecule has 436 valence electrons. The lowest BCUT2D eigenvalue weighted by atomic mass is 9.32. The number of aldehydes is 1. The van der Waals surface area contributed by atoms with E-state index < -0.39 is 0 Å². The second kappa shape index (κ2) is 21.1. The van der Waals surface area contributed by atoms with Crippen molar-refractivity contribution in [3.63, 3.8) is 0 Å². The first kappa shape index (κ1) is 59.9. The van der Waals surface area contributed by atoms with E-state index in [4.69, 9.17) is 24.1 Å². The molecule has 0 radical (unpaired) electrons. The summed E-state index contributed by atoms with van der Waals surface area (Å²) >= 11 is 0. The summed E-state index contributed by atoms with van der Waals surface area (Å²) in [6, 6.07) is 0. The van der Waals surface area contributed by atoms with E-state index in [-0.39, 0.29) is 79.3 Å². The van der Waals surface area contributed by atoms with Crippen molar-refractivity contribution < 1.29 is 43.5 Å². The first-order valence-electron chi connectivity index (χ1n) is 31.5. The van der Waals surface area contributed by atoms with Gasteiger partial charge in [-0.25, -0.2) is 0 Å². The molecule has 19 atom stereocenters. The SMILES string of the molecule is C=C(C(OC)OC)[C@@H]1CC[C@]2(CO)CC[C@]3(C)[C@H](CC[C@@H]4[C@@]5(C)CCC(=O)C(C)(C)[C@@H]5CC[C@]43C)[C@@H]12.C=C(C=O)[C@@H]1CC[C@]2(COC3CCCCO3)CC[C@]3(C)[C@H](CC[C@@H]4[C@@]5(C)CCC(=O)C(C)(C)[C@@H]5CC[C@]43C)[C@@H]12.CO. The Hall–Kier alpha value is -1.75. The van der Waals surface area contributed by atoms with Crippen LogP contribution in [0, 0.1) is 113 Å². The maximum absolute atomic E-state index is 13.1. The highest BCUT2D eigenvalue weighted by molar-refractivity contribution is 5.86. The molecule has 1 saturated heterocycles. The molecular weight excluding hydrogens is 961 g/mol. The highest BCUT2D eigenvalue weighted by atomic mass is 16.7. The molecule has 2 N–H and O–H groups in total. The number of ketones is 2. The van der Waals surface area contributed by atoms with Crippen molar-refractivity contribution in [2.75, 3.05) is 41.2 Å². The fourth-order valence-corrected chi connectivity index (χ4v) is 24.2. The predicted octanol–water partition coefficient (Wildman–Crippen LogP) is 14.3. The largest absolute Gasteiger partial charge is 0.400 e. The lowest BCUT2D eigenvalue weighted by Gasteiger charge is -2.72. The molecule has 11 rings (SSSR count). The van der Waals surface area contributed by atoms with Crippen LogP contribution >= 0.6 is 0 Å². The second-order valence-electron chi connectivity index (χ2n) is 31.0. The van der Waals surface area contributed by atoms with Crippen molar-refractivity contribution in [2.24, 2.45) is 113 Å². The number of hydrogen-bond acceptors (Lipinski definition) is 9. The van der Waals surface area contributed by atoms with E-state index in [9.17, 15) is 19.5 Å². The zero-order valence-electron chi connectivity index (χ0n) is 51.1. The molecule has 0 spiro atoms.